The van der Waals surface area contributed by atoms with Gasteiger partial charge in [-0.2, -0.15) is 5.26 Å². The summed E-state index contributed by atoms with van der Waals surface area (Å²) >= 11 is 1.75. The SMILES string of the molecule is CCNCc1ccc(N(C)C(C)c2cccs2)c(C#N)c1. The molecule has 1 N–H and O–H groups in total. The average molecular weight is 299 g/mol. The summed E-state index contributed by atoms with van der Waals surface area (Å²) in [4.78, 5) is 3.47. The second kappa shape index (κ2) is 7.26. The highest BCUT2D eigenvalue weighted by molar-refractivity contribution is 7.10. The smallest absolute Gasteiger partial charge is 0.101 e. The fourth-order valence-electron chi connectivity index (χ4n) is 2.29. The van der Waals surface area contributed by atoms with Gasteiger partial charge in [-0.25, -0.2) is 0 Å². The molecule has 1 aromatic heterocycles. The Morgan fingerprint density at radius 3 is 2.81 bits per heavy atom. The van der Waals surface area contributed by atoms with E-state index in [0.717, 1.165) is 29.9 Å². The Hall–Kier alpha value is -1.83. The van der Waals surface area contributed by atoms with Crippen molar-refractivity contribution >= 4 is 17.0 Å². The van der Waals surface area contributed by atoms with Crippen LogP contribution >= 0.6 is 11.3 Å². The Labute approximate surface area is 130 Å². The summed E-state index contributed by atoms with van der Waals surface area (Å²) in [5.74, 6) is 0. The molecule has 0 fully saturated rings. The number of anilines is 1. The minimum absolute atomic E-state index is 0.261. The highest BCUT2D eigenvalue weighted by Gasteiger charge is 2.16. The summed E-state index contributed by atoms with van der Waals surface area (Å²) in [7, 11) is 2.05. The predicted molar refractivity (Wildman–Crippen MR) is 89.7 cm³/mol. The summed E-state index contributed by atoms with van der Waals surface area (Å²) < 4.78 is 0. The third-order valence-corrected chi connectivity index (χ3v) is 4.72. The third kappa shape index (κ3) is 3.63. The van der Waals surface area contributed by atoms with E-state index in [4.69, 9.17) is 0 Å². The van der Waals surface area contributed by atoms with Crippen LogP contribution in [0, 0.1) is 11.3 Å². The van der Waals surface area contributed by atoms with Crippen LogP contribution in [-0.2, 0) is 6.54 Å². The first-order valence-electron chi connectivity index (χ1n) is 7.17. The van der Waals surface area contributed by atoms with Crippen molar-refractivity contribution in [1.29, 1.82) is 5.26 Å². The van der Waals surface area contributed by atoms with Gasteiger partial charge in [0.05, 0.1) is 17.3 Å². The van der Waals surface area contributed by atoms with Gasteiger partial charge < -0.3 is 10.2 Å². The van der Waals surface area contributed by atoms with E-state index in [2.05, 4.69) is 59.8 Å². The molecule has 3 nitrogen and oxygen atoms in total. The van der Waals surface area contributed by atoms with Crippen molar-refractivity contribution in [1.82, 2.24) is 5.32 Å². The molecule has 2 rings (SSSR count). The first kappa shape index (κ1) is 15.6. The quantitative estimate of drug-likeness (QED) is 0.878. The third-order valence-electron chi connectivity index (χ3n) is 3.68. The zero-order valence-electron chi connectivity index (χ0n) is 12.8. The van der Waals surface area contributed by atoms with Gasteiger partial charge in [0, 0.05) is 18.5 Å². The maximum absolute atomic E-state index is 9.44. The summed E-state index contributed by atoms with van der Waals surface area (Å²) in [6.45, 7) is 5.98. The van der Waals surface area contributed by atoms with Crippen molar-refractivity contribution in [2.24, 2.45) is 0 Å². The van der Waals surface area contributed by atoms with Crippen LogP contribution in [0.25, 0.3) is 0 Å². The molecule has 110 valence electrons. The van der Waals surface area contributed by atoms with E-state index in [1.807, 2.05) is 13.1 Å². The van der Waals surface area contributed by atoms with Crippen LogP contribution in [0.3, 0.4) is 0 Å². The normalized spacial score (nSPS) is 11.9. The highest BCUT2D eigenvalue weighted by atomic mass is 32.1. The van der Waals surface area contributed by atoms with Crippen molar-refractivity contribution in [3.63, 3.8) is 0 Å². The molecular weight excluding hydrogens is 278 g/mol. The fraction of sp³-hybridized carbons (Fsp3) is 0.353. The summed E-state index contributed by atoms with van der Waals surface area (Å²) in [6, 6.07) is 12.9. The maximum Gasteiger partial charge on any atom is 0.101 e. The molecule has 0 saturated carbocycles. The number of nitriles is 1. The van der Waals surface area contributed by atoms with Crippen molar-refractivity contribution in [2.45, 2.75) is 26.4 Å². The number of nitrogens with zero attached hydrogens (tertiary/aromatic N) is 2. The van der Waals surface area contributed by atoms with Crippen molar-refractivity contribution in [3.05, 3.63) is 51.7 Å². The van der Waals surface area contributed by atoms with E-state index in [1.54, 1.807) is 11.3 Å². The molecule has 1 heterocycles. The van der Waals surface area contributed by atoms with E-state index in [1.165, 1.54) is 4.88 Å². The van der Waals surface area contributed by atoms with Crippen molar-refractivity contribution in [2.75, 3.05) is 18.5 Å². The van der Waals surface area contributed by atoms with E-state index < -0.39 is 0 Å². The van der Waals surface area contributed by atoms with Crippen LogP contribution in [0.2, 0.25) is 0 Å². The largest absolute Gasteiger partial charge is 0.366 e. The molecule has 1 aromatic carbocycles. The molecule has 4 heteroatoms. The first-order valence-corrected chi connectivity index (χ1v) is 8.05. The van der Waals surface area contributed by atoms with Crippen LogP contribution in [0.1, 0.15) is 35.9 Å². The van der Waals surface area contributed by atoms with E-state index in [9.17, 15) is 5.26 Å². The number of hydrogen-bond donors (Lipinski definition) is 1. The second-order valence-corrected chi connectivity index (χ2v) is 6.03. The lowest BCUT2D eigenvalue weighted by Crippen LogP contribution is -2.22. The van der Waals surface area contributed by atoms with Gasteiger partial charge in [-0.05, 0) is 42.6 Å². The molecule has 0 spiro atoms. The second-order valence-electron chi connectivity index (χ2n) is 5.05. The number of rotatable bonds is 6. The standard InChI is InChI=1S/C17H21N3S/c1-4-19-12-14-7-8-16(15(10-14)11-18)20(3)13(2)17-6-5-9-21-17/h5-10,13,19H,4,12H2,1-3H3. The molecule has 0 aliphatic heterocycles. The maximum atomic E-state index is 9.44. The van der Waals surface area contributed by atoms with Crippen molar-refractivity contribution in [3.8, 4) is 6.07 Å². The summed E-state index contributed by atoms with van der Waals surface area (Å²) in [6.07, 6.45) is 0. The minimum Gasteiger partial charge on any atom is -0.366 e. The van der Waals surface area contributed by atoms with Crippen LogP contribution in [0.5, 0.6) is 0 Å². The first-order chi connectivity index (χ1) is 10.2. The lowest BCUT2D eigenvalue weighted by Gasteiger charge is -2.27. The van der Waals surface area contributed by atoms with Gasteiger partial charge in [-0.3, -0.25) is 0 Å². The number of hydrogen-bond acceptors (Lipinski definition) is 4. The molecule has 0 bridgehead atoms. The van der Waals surface area contributed by atoms with Gasteiger partial charge >= 0.3 is 0 Å². The lowest BCUT2D eigenvalue weighted by molar-refractivity contribution is 0.725. The molecular formula is C17H21N3S. The molecule has 0 amide bonds. The summed E-state index contributed by atoms with van der Waals surface area (Å²) in [5, 5.41) is 14.8. The van der Waals surface area contributed by atoms with Crippen LogP contribution < -0.4 is 10.2 Å². The Morgan fingerprint density at radius 1 is 1.38 bits per heavy atom. The van der Waals surface area contributed by atoms with Crippen LogP contribution in [-0.4, -0.2) is 13.6 Å². The molecule has 21 heavy (non-hydrogen) atoms. The topological polar surface area (TPSA) is 39.1 Å². The molecule has 0 aliphatic carbocycles. The minimum atomic E-state index is 0.261. The van der Waals surface area contributed by atoms with Gasteiger partial charge in [0.2, 0.25) is 0 Å². The highest BCUT2D eigenvalue weighted by Crippen LogP contribution is 2.30. The zero-order valence-corrected chi connectivity index (χ0v) is 13.6. The molecule has 1 atom stereocenters. The zero-order chi connectivity index (χ0) is 15.2. The molecule has 2 aromatic rings. The number of nitrogens with one attached hydrogen (secondary N) is 1. The Kier molecular flexibility index (Phi) is 5.38. The molecule has 0 radical (unpaired) electrons. The number of benzene rings is 1. The molecule has 1 unspecified atom stereocenters. The number of thiophene rings is 1. The Balaban J connectivity index is 2.24. The van der Waals surface area contributed by atoms with Gasteiger partial charge in [-0.1, -0.05) is 19.1 Å². The van der Waals surface area contributed by atoms with Gasteiger partial charge in [0.1, 0.15) is 6.07 Å². The lowest BCUT2D eigenvalue weighted by atomic mass is 10.1. The van der Waals surface area contributed by atoms with E-state index in [-0.39, 0.29) is 6.04 Å². The van der Waals surface area contributed by atoms with Crippen LogP contribution in [0.4, 0.5) is 5.69 Å². The van der Waals surface area contributed by atoms with Crippen molar-refractivity contribution < 1.29 is 0 Å². The van der Waals surface area contributed by atoms with E-state index >= 15 is 0 Å². The van der Waals surface area contributed by atoms with Gasteiger partial charge in [0.25, 0.3) is 0 Å². The van der Waals surface area contributed by atoms with Gasteiger partial charge in [-0.15, -0.1) is 11.3 Å². The predicted octanol–water partition coefficient (Wildman–Crippen LogP) is 3.93. The fourth-order valence-corrected chi connectivity index (χ4v) is 3.11. The Morgan fingerprint density at radius 2 is 2.19 bits per heavy atom. The van der Waals surface area contributed by atoms with Gasteiger partial charge in [0.15, 0.2) is 0 Å². The van der Waals surface area contributed by atoms with Crippen LogP contribution in [0.15, 0.2) is 35.7 Å². The monoisotopic (exact) mass is 299 g/mol. The molecule has 0 aliphatic rings. The average Bonchev–Trinajstić information content (AvgIpc) is 3.05. The summed E-state index contributed by atoms with van der Waals surface area (Å²) in [5.41, 5.74) is 2.87. The Bertz CT molecular complexity index is 613. The molecule has 0 saturated heterocycles. The van der Waals surface area contributed by atoms with E-state index in [0.29, 0.717) is 0 Å².